The smallest absolute Gasteiger partial charge is 0.149 e. The molecule has 4 nitrogen and oxygen atoms in total. The van der Waals surface area contributed by atoms with Crippen LogP contribution in [0, 0.1) is 0 Å². The number of nitrogens with one attached hydrogen (secondary N) is 1. The van der Waals surface area contributed by atoms with Gasteiger partial charge in [0.1, 0.15) is 11.6 Å². The van der Waals surface area contributed by atoms with Crippen molar-refractivity contribution < 1.29 is 0 Å². The zero-order valence-electron chi connectivity index (χ0n) is 9.82. The van der Waals surface area contributed by atoms with Gasteiger partial charge in [0.2, 0.25) is 0 Å². The predicted molar refractivity (Wildman–Crippen MR) is 59.6 cm³/mol. The Morgan fingerprint density at radius 3 is 2.73 bits per heavy atom. The van der Waals surface area contributed by atoms with E-state index in [9.17, 15) is 0 Å². The van der Waals surface area contributed by atoms with Crippen LogP contribution in [0.2, 0.25) is 0 Å². The first kappa shape index (κ1) is 10.6. The Hall–Kier alpha value is -0.900. The molecular weight excluding hydrogens is 188 g/mol. The maximum atomic E-state index is 4.30. The van der Waals surface area contributed by atoms with Gasteiger partial charge in [0, 0.05) is 19.0 Å². The molecule has 84 valence electrons. The van der Waals surface area contributed by atoms with Gasteiger partial charge in [-0.15, -0.1) is 10.2 Å². The third-order valence-electron chi connectivity index (χ3n) is 2.86. The molecule has 4 heteroatoms. The Kier molecular flexibility index (Phi) is 3.05. The molecule has 1 aliphatic heterocycles. The van der Waals surface area contributed by atoms with Crippen molar-refractivity contribution in [1.29, 1.82) is 0 Å². The fourth-order valence-corrected chi connectivity index (χ4v) is 2.23. The molecule has 0 saturated heterocycles. The lowest BCUT2D eigenvalue weighted by Crippen LogP contribution is -2.29. The number of fused-ring (bicyclic) bond motifs is 1. The van der Waals surface area contributed by atoms with Gasteiger partial charge in [-0.05, 0) is 19.8 Å². The Balaban J connectivity index is 2.17. The molecule has 2 heterocycles. The molecule has 1 aromatic heterocycles. The SMILES string of the molecule is CC(C)NC(C)c1nnc2n1CCCC2. The normalized spacial score (nSPS) is 17.9. The first-order valence-electron chi connectivity index (χ1n) is 5.86. The number of hydrogen-bond donors (Lipinski definition) is 1. The fourth-order valence-electron chi connectivity index (χ4n) is 2.23. The number of nitrogens with zero attached hydrogens (tertiary/aromatic N) is 3. The van der Waals surface area contributed by atoms with Crippen molar-refractivity contribution in [2.75, 3.05) is 0 Å². The summed E-state index contributed by atoms with van der Waals surface area (Å²) in [7, 11) is 0. The van der Waals surface area contributed by atoms with E-state index in [-0.39, 0.29) is 0 Å². The Bertz CT molecular complexity index is 329. The molecule has 0 aliphatic carbocycles. The van der Waals surface area contributed by atoms with E-state index in [1.807, 2.05) is 0 Å². The minimum Gasteiger partial charge on any atom is -0.314 e. The summed E-state index contributed by atoms with van der Waals surface area (Å²) in [6.45, 7) is 7.56. The quantitative estimate of drug-likeness (QED) is 0.821. The summed E-state index contributed by atoms with van der Waals surface area (Å²) in [4.78, 5) is 0. The highest BCUT2D eigenvalue weighted by Gasteiger charge is 2.19. The van der Waals surface area contributed by atoms with Crippen LogP contribution in [0.5, 0.6) is 0 Å². The van der Waals surface area contributed by atoms with Gasteiger partial charge in [0.25, 0.3) is 0 Å². The minimum atomic E-state index is 0.296. The summed E-state index contributed by atoms with van der Waals surface area (Å²) >= 11 is 0. The van der Waals surface area contributed by atoms with Crippen molar-refractivity contribution in [2.24, 2.45) is 0 Å². The highest BCUT2D eigenvalue weighted by Crippen LogP contribution is 2.18. The van der Waals surface area contributed by atoms with E-state index in [0.717, 1.165) is 24.6 Å². The molecule has 0 spiro atoms. The molecule has 1 N–H and O–H groups in total. The molecule has 1 unspecified atom stereocenters. The fraction of sp³-hybridized carbons (Fsp3) is 0.818. The van der Waals surface area contributed by atoms with Crippen molar-refractivity contribution in [1.82, 2.24) is 20.1 Å². The number of aromatic nitrogens is 3. The maximum Gasteiger partial charge on any atom is 0.149 e. The van der Waals surface area contributed by atoms with Gasteiger partial charge in [-0.3, -0.25) is 0 Å². The summed E-state index contributed by atoms with van der Waals surface area (Å²) in [6, 6.07) is 0.779. The number of hydrogen-bond acceptors (Lipinski definition) is 3. The van der Waals surface area contributed by atoms with Crippen LogP contribution in [-0.2, 0) is 13.0 Å². The first-order valence-corrected chi connectivity index (χ1v) is 5.86. The summed E-state index contributed by atoms with van der Waals surface area (Å²) in [5, 5.41) is 12.0. The average molecular weight is 208 g/mol. The van der Waals surface area contributed by atoms with Crippen LogP contribution < -0.4 is 5.32 Å². The summed E-state index contributed by atoms with van der Waals surface area (Å²) < 4.78 is 2.28. The van der Waals surface area contributed by atoms with Crippen molar-refractivity contribution in [3.05, 3.63) is 11.6 Å². The molecule has 0 radical (unpaired) electrons. The Morgan fingerprint density at radius 1 is 1.20 bits per heavy atom. The predicted octanol–water partition coefficient (Wildman–Crippen LogP) is 1.67. The van der Waals surface area contributed by atoms with E-state index in [1.165, 1.54) is 12.8 Å². The average Bonchev–Trinajstić information content (AvgIpc) is 2.59. The van der Waals surface area contributed by atoms with Crippen LogP contribution >= 0.6 is 0 Å². The molecule has 1 aliphatic rings. The molecule has 0 saturated carbocycles. The van der Waals surface area contributed by atoms with Gasteiger partial charge in [-0.1, -0.05) is 13.8 Å². The lowest BCUT2D eigenvalue weighted by Gasteiger charge is -2.20. The molecule has 0 bridgehead atoms. The van der Waals surface area contributed by atoms with Gasteiger partial charge in [-0.2, -0.15) is 0 Å². The van der Waals surface area contributed by atoms with Gasteiger partial charge in [0.05, 0.1) is 6.04 Å². The number of rotatable bonds is 3. The molecule has 1 aromatic rings. The topological polar surface area (TPSA) is 42.7 Å². The molecular formula is C11H20N4. The third kappa shape index (κ3) is 2.20. The lowest BCUT2D eigenvalue weighted by molar-refractivity contribution is 0.442. The summed E-state index contributed by atoms with van der Waals surface area (Å²) in [5.41, 5.74) is 0. The standard InChI is InChI=1S/C11H20N4/c1-8(2)12-9(3)11-14-13-10-6-4-5-7-15(10)11/h8-9,12H,4-7H2,1-3H3. The van der Waals surface area contributed by atoms with Crippen molar-refractivity contribution in [2.45, 2.75) is 58.7 Å². The molecule has 0 amide bonds. The maximum absolute atomic E-state index is 4.30. The van der Waals surface area contributed by atoms with Crippen LogP contribution in [0.25, 0.3) is 0 Å². The summed E-state index contributed by atoms with van der Waals surface area (Å²) in [5.74, 6) is 2.26. The minimum absolute atomic E-state index is 0.296. The van der Waals surface area contributed by atoms with Crippen molar-refractivity contribution >= 4 is 0 Å². The van der Waals surface area contributed by atoms with Crippen molar-refractivity contribution in [3.63, 3.8) is 0 Å². The van der Waals surface area contributed by atoms with Crippen LogP contribution in [0.1, 0.15) is 51.3 Å². The Morgan fingerprint density at radius 2 is 2.00 bits per heavy atom. The largest absolute Gasteiger partial charge is 0.314 e. The van der Waals surface area contributed by atoms with Crippen molar-refractivity contribution in [3.8, 4) is 0 Å². The van der Waals surface area contributed by atoms with Gasteiger partial charge < -0.3 is 9.88 Å². The molecule has 0 aromatic carbocycles. The van der Waals surface area contributed by atoms with Gasteiger partial charge >= 0.3 is 0 Å². The second kappa shape index (κ2) is 4.31. The number of aryl methyl sites for hydroxylation is 1. The zero-order valence-corrected chi connectivity index (χ0v) is 9.82. The highest BCUT2D eigenvalue weighted by molar-refractivity contribution is 5.02. The molecule has 2 rings (SSSR count). The van der Waals surface area contributed by atoms with E-state index in [1.54, 1.807) is 0 Å². The Labute approximate surface area is 91.1 Å². The zero-order chi connectivity index (χ0) is 10.8. The first-order chi connectivity index (χ1) is 7.18. The van der Waals surface area contributed by atoms with E-state index in [0.29, 0.717) is 12.1 Å². The van der Waals surface area contributed by atoms with Gasteiger partial charge in [0.15, 0.2) is 0 Å². The second-order valence-corrected chi connectivity index (χ2v) is 4.63. The molecule has 15 heavy (non-hydrogen) atoms. The van der Waals surface area contributed by atoms with Crippen LogP contribution in [0.3, 0.4) is 0 Å². The van der Waals surface area contributed by atoms with Crippen LogP contribution in [0.4, 0.5) is 0 Å². The van der Waals surface area contributed by atoms with Gasteiger partial charge in [-0.25, -0.2) is 0 Å². The monoisotopic (exact) mass is 208 g/mol. The van der Waals surface area contributed by atoms with Crippen LogP contribution in [-0.4, -0.2) is 20.8 Å². The third-order valence-corrected chi connectivity index (χ3v) is 2.86. The molecule has 0 fully saturated rings. The van der Waals surface area contributed by atoms with E-state index < -0.39 is 0 Å². The molecule has 1 atom stereocenters. The lowest BCUT2D eigenvalue weighted by atomic mass is 10.1. The van der Waals surface area contributed by atoms with Crippen LogP contribution in [0.15, 0.2) is 0 Å². The van der Waals surface area contributed by atoms with E-state index >= 15 is 0 Å². The second-order valence-electron chi connectivity index (χ2n) is 4.63. The van der Waals surface area contributed by atoms with E-state index in [2.05, 4.69) is 40.9 Å². The van der Waals surface area contributed by atoms with E-state index in [4.69, 9.17) is 0 Å². The highest BCUT2D eigenvalue weighted by atomic mass is 15.3. The summed E-state index contributed by atoms with van der Waals surface area (Å²) in [6.07, 6.45) is 3.60.